The van der Waals surface area contributed by atoms with Gasteiger partial charge in [-0.2, -0.15) is 26.3 Å². The number of nitrogens with one attached hydrogen (secondary N) is 2. The second-order valence-electron chi connectivity index (χ2n) is 9.11. The van der Waals surface area contributed by atoms with Crippen molar-refractivity contribution >= 4 is 33.8 Å². The van der Waals surface area contributed by atoms with Crippen LogP contribution in [0.3, 0.4) is 0 Å². The summed E-state index contributed by atoms with van der Waals surface area (Å²) in [5.41, 5.74) is -2.86. The molecule has 2 heterocycles. The molecule has 0 spiro atoms. The van der Waals surface area contributed by atoms with E-state index >= 15 is 17.6 Å². The lowest BCUT2D eigenvalue weighted by molar-refractivity contribution is -0.910. The van der Waals surface area contributed by atoms with Crippen molar-refractivity contribution in [3.8, 4) is 0 Å². The summed E-state index contributed by atoms with van der Waals surface area (Å²) >= 11 is 2.41. The van der Waals surface area contributed by atoms with E-state index in [1.807, 2.05) is 27.7 Å². The molecular weight excluding hydrogens is 506 g/mol. The maximum Gasteiger partial charge on any atom is 0.380 e. The summed E-state index contributed by atoms with van der Waals surface area (Å²) in [6, 6.07) is 2.82. The third kappa shape index (κ3) is 4.71. The molecule has 0 aliphatic heterocycles. The van der Waals surface area contributed by atoms with Crippen molar-refractivity contribution in [3.05, 3.63) is 42.8 Å². The molecule has 0 aromatic carbocycles. The Bertz CT molecular complexity index is 996. The molecule has 0 saturated carbocycles. The molecule has 35 heavy (non-hydrogen) atoms. The minimum Gasteiger partial charge on any atom is -0.331 e. The Hall–Kier alpha value is -1.36. The van der Waals surface area contributed by atoms with Crippen molar-refractivity contribution < 1.29 is 36.1 Å². The Morgan fingerprint density at radius 2 is 0.943 bits per heavy atom. The van der Waals surface area contributed by atoms with Crippen LogP contribution in [0.2, 0.25) is 0 Å². The summed E-state index contributed by atoms with van der Waals surface area (Å²) in [6.45, 7) is 15.3. The topological polar surface area (TPSA) is 8.88 Å². The van der Waals surface area contributed by atoms with Crippen molar-refractivity contribution in [2.24, 2.45) is 0 Å². The summed E-state index contributed by atoms with van der Waals surface area (Å²) in [6.07, 6.45) is 0. The highest BCUT2D eigenvalue weighted by Gasteiger charge is 2.80. The monoisotopic (exact) mass is 540 g/mol. The smallest absolute Gasteiger partial charge is 0.331 e. The van der Waals surface area contributed by atoms with E-state index in [2.05, 4.69) is 0 Å². The first kappa shape index (κ1) is 28.2. The standard InChI is InChI=1S/C25H32F6N2S2/c1-7-32(8-2)13-17-11-19(15(5)34-17)21-22(24(28,29)25(30,31)23(21,26)27)20-12-18(35-16(20)6)14-33(9-3)10-4/h11-12H,7-10,13-14H2,1-6H3/p+2. The Balaban J connectivity index is 2.23. The van der Waals surface area contributed by atoms with E-state index in [4.69, 9.17) is 0 Å². The van der Waals surface area contributed by atoms with E-state index in [9.17, 15) is 8.78 Å². The summed E-state index contributed by atoms with van der Waals surface area (Å²) in [4.78, 5) is 4.47. The van der Waals surface area contributed by atoms with Gasteiger partial charge in [0.2, 0.25) is 0 Å². The van der Waals surface area contributed by atoms with Crippen molar-refractivity contribution in [1.29, 1.82) is 0 Å². The second kappa shape index (κ2) is 10.2. The SMILES string of the molecule is CC[NH+](CC)Cc1cc(C2=C(c3cc(C[NH+](CC)CC)sc3C)C(F)(F)C(F)(F)C2(F)F)c(C)s1. The highest BCUT2D eigenvalue weighted by atomic mass is 32.1. The summed E-state index contributed by atoms with van der Waals surface area (Å²) in [5.74, 6) is -15.5. The number of thiophene rings is 2. The second-order valence-corrected chi connectivity index (χ2v) is 11.8. The lowest BCUT2D eigenvalue weighted by Gasteiger charge is -2.25. The molecule has 0 unspecified atom stereocenters. The molecule has 2 N–H and O–H groups in total. The van der Waals surface area contributed by atoms with Gasteiger partial charge in [0.25, 0.3) is 0 Å². The van der Waals surface area contributed by atoms with Gasteiger partial charge in [-0.25, -0.2) is 0 Å². The number of halogens is 6. The molecule has 0 saturated heterocycles. The Morgan fingerprint density at radius 1 is 0.629 bits per heavy atom. The Labute approximate surface area is 211 Å². The van der Waals surface area contributed by atoms with E-state index in [1.54, 1.807) is 0 Å². The molecule has 10 heteroatoms. The van der Waals surface area contributed by atoms with Crippen molar-refractivity contribution in [1.82, 2.24) is 0 Å². The van der Waals surface area contributed by atoms with Crippen LogP contribution < -0.4 is 9.80 Å². The predicted molar refractivity (Wildman–Crippen MR) is 131 cm³/mol. The number of aryl methyl sites for hydroxylation is 2. The molecule has 2 aromatic heterocycles. The van der Waals surface area contributed by atoms with Crippen LogP contribution in [0.15, 0.2) is 12.1 Å². The van der Waals surface area contributed by atoms with Crippen molar-refractivity contribution in [2.45, 2.75) is 72.4 Å². The van der Waals surface area contributed by atoms with E-state index in [1.165, 1.54) is 58.5 Å². The molecule has 0 fully saturated rings. The molecule has 3 rings (SSSR count). The van der Waals surface area contributed by atoms with Crippen LogP contribution in [0.5, 0.6) is 0 Å². The highest BCUT2D eigenvalue weighted by molar-refractivity contribution is 7.12. The average molecular weight is 541 g/mol. The first-order chi connectivity index (χ1) is 16.3. The van der Waals surface area contributed by atoms with E-state index < -0.39 is 28.9 Å². The average Bonchev–Trinajstić information content (AvgIpc) is 3.36. The number of hydrogen-bond donors (Lipinski definition) is 2. The van der Waals surface area contributed by atoms with Gasteiger partial charge in [-0.15, -0.1) is 22.7 Å². The van der Waals surface area contributed by atoms with Gasteiger partial charge in [0, 0.05) is 20.9 Å². The van der Waals surface area contributed by atoms with Gasteiger partial charge in [0.1, 0.15) is 13.1 Å². The van der Waals surface area contributed by atoms with Crippen molar-refractivity contribution in [3.63, 3.8) is 0 Å². The minimum atomic E-state index is -5.53. The van der Waals surface area contributed by atoms with Crippen LogP contribution in [0.4, 0.5) is 26.3 Å². The Kier molecular flexibility index (Phi) is 8.21. The normalized spacial score (nSPS) is 18.9. The number of rotatable bonds is 10. The summed E-state index contributed by atoms with van der Waals surface area (Å²) in [5, 5.41) is 0. The number of hydrogen-bond acceptors (Lipinski definition) is 2. The lowest BCUT2D eigenvalue weighted by atomic mass is 9.95. The molecule has 0 radical (unpaired) electrons. The quantitative estimate of drug-likeness (QED) is 0.388. The Morgan fingerprint density at radius 3 is 1.23 bits per heavy atom. The van der Waals surface area contributed by atoms with Crippen LogP contribution in [-0.2, 0) is 13.1 Å². The van der Waals surface area contributed by atoms with Crippen LogP contribution >= 0.6 is 22.7 Å². The van der Waals surface area contributed by atoms with Gasteiger partial charge in [-0.1, -0.05) is 0 Å². The molecule has 0 amide bonds. The molecule has 196 valence electrons. The molecular formula is C25H34F6N2S2+2. The lowest BCUT2D eigenvalue weighted by Crippen LogP contribution is -3.10. The van der Waals surface area contributed by atoms with Gasteiger partial charge >= 0.3 is 17.8 Å². The van der Waals surface area contributed by atoms with Crippen LogP contribution in [-0.4, -0.2) is 43.9 Å². The maximum absolute atomic E-state index is 15.3. The largest absolute Gasteiger partial charge is 0.380 e. The third-order valence-corrected chi connectivity index (χ3v) is 9.09. The minimum absolute atomic E-state index is 0.199. The van der Waals surface area contributed by atoms with Gasteiger partial charge in [-0.3, -0.25) is 0 Å². The van der Waals surface area contributed by atoms with Crippen molar-refractivity contribution in [2.75, 3.05) is 26.2 Å². The zero-order valence-electron chi connectivity index (χ0n) is 21.0. The molecule has 2 nitrogen and oxygen atoms in total. The molecule has 1 aliphatic carbocycles. The number of quaternary nitrogens is 2. The molecule has 0 atom stereocenters. The number of allylic oxidation sites excluding steroid dienone is 2. The van der Waals surface area contributed by atoms with Crippen LogP contribution in [0.25, 0.3) is 11.1 Å². The van der Waals surface area contributed by atoms with E-state index in [0.29, 0.717) is 32.6 Å². The van der Waals surface area contributed by atoms with Gasteiger partial charge in [-0.05, 0) is 64.8 Å². The zero-order chi connectivity index (χ0) is 26.3. The number of alkyl halides is 6. The molecule has 0 bridgehead atoms. The first-order valence-electron chi connectivity index (χ1n) is 12.0. The molecule has 2 aromatic rings. The van der Waals surface area contributed by atoms with Gasteiger partial charge in [0.05, 0.1) is 35.9 Å². The first-order valence-corrected chi connectivity index (χ1v) is 13.6. The fraction of sp³-hybridized carbons (Fsp3) is 0.600. The fourth-order valence-corrected chi connectivity index (χ4v) is 6.92. The van der Waals surface area contributed by atoms with Gasteiger partial charge < -0.3 is 9.80 Å². The fourth-order valence-electron chi connectivity index (χ4n) is 4.68. The summed E-state index contributed by atoms with van der Waals surface area (Å²) < 4.78 is 90.5. The molecule has 1 aliphatic rings. The van der Waals surface area contributed by atoms with Crippen LogP contribution in [0, 0.1) is 13.8 Å². The van der Waals surface area contributed by atoms with E-state index in [-0.39, 0.29) is 11.1 Å². The van der Waals surface area contributed by atoms with E-state index in [0.717, 1.165) is 26.2 Å². The third-order valence-electron chi connectivity index (χ3n) is 6.99. The zero-order valence-corrected chi connectivity index (χ0v) is 22.6. The van der Waals surface area contributed by atoms with Crippen LogP contribution in [0.1, 0.15) is 58.3 Å². The highest BCUT2D eigenvalue weighted by Crippen LogP contribution is 2.65. The maximum atomic E-state index is 15.3. The summed E-state index contributed by atoms with van der Waals surface area (Å²) in [7, 11) is 0. The predicted octanol–water partition coefficient (Wildman–Crippen LogP) is 5.11. The van der Waals surface area contributed by atoms with Gasteiger partial charge in [0.15, 0.2) is 0 Å².